The summed E-state index contributed by atoms with van der Waals surface area (Å²) in [6, 6.07) is 10.5. The van der Waals surface area contributed by atoms with Gasteiger partial charge in [0.1, 0.15) is 0 Å². The molecule has 1 N–H and O–H groups in total. The first-order valence-electron chi connectivity index (χ1n) is 6.43. The van der Waals surface area contributed by atoms with E-state index in [2.05, 4.69) is 36.1 Å². The van der Waals surface area contributed by atoms with Gasteiger partial charge in [0.15, 0.2) is 0 Å². The molecule has 0 aliphatic heterocycles. The highest BCUT2D eigenvalue weighted by atomic mass is 16.3. The van der Waals surface area contributed by atoms with Gasteiger partial charge in [0.05, 0.1) is 6.10 Å². The van der Waals surface area contributed by atoms with E-state index >= 15 is 0 Å². The number of benzene rings is 1. The van der Waals surface area contributed by atoms with Crippen molar-refractivity contribution < 1.29 is 5.11 Å². The summed E-state index contributed by atoms with van der Waals surface area (Å²) >= 11 is 0. The van der Waals surface area contributed by atoms with Gasteiger partial charge in [-0.2, -0.15) is 0 Å². The van der Waals surface area contributed by atoms with Crippen molar-refractivity contribution in [1.29, 1.82) is 0 Å². The Balaban J connectivity index is 2.28. The van der Waals surface area contributed by atoms with Gasteiger partial charge in [-0.3, -0.25) is 0 Å². The molecule has 0 heterocycles. The second-order valence-electron chi connectivity index (χ2n) is 4.88. The van der Waals surface area contributed by atoms with Crippen LogP contribution in [0.1, 0.15) is 44.6 Å². The Kier molecular flexibility index (Phi) is 3.86. The van der Waals surface area contributed by atoms with Gasteiger partial charge in [0.25, 0.3) is 0 Å². The van der Waals surface area contributed by atoms with Crippen molar-refractivity contribution in [3.8, 4) is 11.8 Å². The van der Waals surface area contributed by atoms with E-state index in [9.17, 15) is 5.11 Å². The topological polar surface area (TPSA) is 20.2 Å². The van der Waals surface area contributed by atoms with E-state index in [0.717, 1.165) is 12.8 Å². The highest BCUT2D eigenvalue weighted by Crippen LogP contribution is 2.44. The Morgan fingerprint density at radius 2 is 1.88 bits per heavy atom. The van der Waals surface area contributed by atoms with E-state index in [0.29, 0.717) is 6.42 Å². The fourth-order valence-electron chi connectivity index (χ4n) is 2.98. The predicted molar refractivity (Wildman–Crippen MR) is 70.7 cm³/mol. The molecular formula is C16H20O. The monoisotopic (exact) mass is 228 g/mol. The summed E-state index contributed by atoms with van der Waals surface area (Å²) in [5, 5.41) is 10.5. The lowest BCUT2D eigenvalue weighted by Crippen LogP contribution is -2.36. The maximum absolute atomic E-state index is 10.5. The average molecular weight is 228 g/mol. The van der Waals surface area contributed by atoms with Crippen LogP contribution in [0, 0.1) is 11.8 Å². The SMILES string of the molecule is CC#CCC(O)C1(c2ccccc2)CCCC1. The second kappa shape index (κ2) is 5.38. The molecule has 17 heavy (non-hydrogen) atoms. The summed E-state index contributed by atoms with van der Waals surface area (Å²) in [5.74, 6) is 5.90. The fraction of sp³-hybridized carbons (Fsp3) is 0.500. The number of hydrogen-bond acceptors (Lipinski definition) is 1. The van der Waals surface area contributed by atoms with Crippen molar-refractivity contribution in [1.82, 2.24) is 0 Å². The average Bonchev–Trinajstić information content (AvgIpc) is 2.87. The van der Waals surface area contributed by atoms with E-state index in [-0.39, 0.29) is 11.5 Å². The van der Waals surface area contributed by atoms with Crippen molar-refractivity contribution in [3.63, 3.8) is 0 Å². The summed E-state index contributed by atoms with van der Waals surface area (Å²) in [6.45, 7) is 1.83. The molecule has 0 amide bonds. The quantitative estimate of drug-likeness (QED) is 0.787. The van der Waals surface area contributed by atoms with Gasteiger partial charge in [0, 0.05) is 11.8 Å². The smallest absolute Gasteiger partial charge is 0.0745 e. The number of rotatable bonds is 3. The minimum Gasteiger partial charge on any atom is -0.391 e. The molecule has 1 aliphatic rings. The number of hydrogen-bond donors (Lipinski definition) is 1. The van der Waals surface area contributed by atoms with Crippen LogP contribution in [-0.2, 0) is 5.41 Å². The van der Waals surface area contributed by atoms with Crippen molar-refractivity contribution in [2.24, 2.45) is 0 Å². The molecule has 0 bridgehead atoms. The molecule has 2 rings (SSSR count). The van der Waals surface area contributed by atoms with Crippen LogP contribution in [0.5, 0.6) is 0 Å². The van der Waals surface area contributed by atoms with Gasteiger partial charge in [-0.05, 0) is 25.3 Å². The number of aliphatic hydroxyl groups excluding tert-OH is 1. The van der Waals surface area contributed by atoms with E-state index in [1.165, 1.54) is 18.4 Å². The van der Waals surface area contributed by atoms with Crippen molar-refractivity contribution in [2.45, 2.75) is 50.5 Å². The standard InChI is InChI=1S/C16H20O/c1-2-3-11-15(17)16(12-7-8-13-16)14-9-5-4-6-10-14/h4-6,9-10,15,17H,7-8,11-13H2,1H3. The molecule has 1 nitrogen and oxygen atoms in total. The minimum atomic E-state index is -0.333. The first kappa shape index (κ1) is 12.2. The first-order chi connectivity index (χ1) is 8.29. The second-order valence-corrected chi connectivity index (χ2v) is 4.88. The van der Waals surface area contributed by atoms with E-state index in [1.807, 2.05) is 13.0 Å². The third-order valence-electron chi connectivity index (χ3n) is 3.95. The molecule has 1 aliphatic carbocycles. The van der Waals surface area contributed by atoms with E-state index < -0.39 is 0 Å². The highest BCUT2D eigenvalue weighted by molar-refractivity contribution is 5.29. The summed E-state index contributed by atoms with van der Waals surface area (Å²) in [5.41, 5.74) is 1.23. The Bertz CT molecular complexity index is 404. The lowest BCUT2D eigenvalue weighted by atomic mass is 9.73. The van der Waals surface area contributed by atoms with Gasteiger partial charge in [0.2, 0.25) is 0 Å². The fourth-order valence-corrected chi connectivity index (χ4v) is 2.98. The summed E-state index contributed by atoms with van der Waals surface area (Å²) < 4.78 is 0. The zero-order chi connectivity index (χ0) is 12.1. The maximum Gasteiger partial charge on any atom is 0.0745 e. The predicted octanol–water partition coefficient (Wildman–Crippen LogP) is 3.27. The normalized spacial score (nSPS) is 19.4. The molecule has 1 aromatic carbocycles. The van der Waals surface area contributed by atoms with Gasteiger partial charge < -0.3 is 5.11 Å². The molecule has 1 fully saturated rings. The lowest BCUT2D eigenvalue weighted by Gasteiger charge is -2.34. The Morgan fingerprint density at radius 1 is 1.24 bits per heavy atom. The molecule has 1 aromatic rings. The van der Waals surface area contributed by atoms with E-state index in [1.54, 1.807) is 0 Å². The molecule has 1 atom stereocenters. The van der Waals surface area contributed by atoms with Crippen LogP contribution in [-0.4, -0.2) is 11.2 Å². The summed E-state index contributed by atoms with van der Waals surface area (Å²) in [6.07, 6.45) is 4.86. The minimum absolute atomic E-state index is 0.0505. The lowest BCUT2D eigenvalue weighted by molar-refractivity contribution is 0.0869. The zero-order valence-electron chi connectivity index (χ0n) is 10.4. The first-order valence-corrected chi connectivity index (χ1v) is 6.43. The highest BCUT2D eigenvalue weighted by Gasteiger charge is 2.41. The summed E-state index contributed by atoms with van der Waals surface area (Å²) in [4.78, 5) is 0. The van der Waals surface area contributed by atoms with Gasteiger partial charge >= 0.3 is 0 Å². The number of aliphatic hydroxyl groups is 1. The van der Waals surface area contributed by atoms with Gasteiger partial charge in [-0.25, -0.2) is 0 Å². The van der Waals surface area contributed by atoms with Crippen LogP contribution >= 0.6 is 0 Å². The van der Waals surface area contributed by atoms with Crippen molar-refractivity contribution >= 4 is 0 Å². The molecule has 1 saturated carbocycles. The van der Waals surface area contributed by atoms with Crippen LogP contribution in [0.4, 0.5) is 0 Å². The molecule has 0 aromatic heterocycles. The Morgan fingerprint density at radius 3 is 2.47 bits per heavy atom. The molecule has 0 spiro atoms. The third-order valence-corrected chi connectivity index (χ3v) is 3.95. The Labute approximate surface area is 104 Å². The molecule has 90 valence electrons. The van der Waals surface area contributed by atoms with Crippen molar-refractivity contribution in [2.75, 3.05) is 0 Å². The van der Waals surface area contributed by atoms with Crippen LogP contribution in [0.25, 0.3) is 0 Å². The van der Waals surface area contributed by atoms with Crippen LogP contribution in [0.2, 0.25) is 0 Å². The summed E-state index contributed by atoms with van der Waals surface area (Å²) in [7, 11) is 0. The maximum atomic E-state index is 10.5. The molecular weight excluding hydrogens is 208 g/mol. The van der Waals surface area contributed by atoms with Crippen LogP contribution in [0.15, 0.2) is 30.3 Å². The Hall–Kier alpha value is -1.26. The van der Waals surface area contributed by atoms with E-state index in [4.69, 9.17) is 0 Å². The molecule has 0 saturated heterocycles. The van der Waals surface area contributed by atoms with Crippen molar-refractivity contribution in [3.05, 3.63) is 35.9 Å². The molecule has 1 unspecified atom stereocenters. The molecule has 0 radical (unpaired) electrons. The van der Waals surface area contributed by atoms with Gasteiger partial charge in [-0.15, -0.1) is 11.8 Å². The van der Waals surface area contributed by atoms with Crippen LogP contribution < -0.4 is 0 Å². The van der Waals surface area contributed by atoms with Crippen LogP contribution in [0.3, 0.4) is 0 Å². The van der Waals surface area contributed by atoms with Gasteiger partial charge in [-0.1, -0.05) is 43.2 Å². The third kappa shape index (κ3) is 2.37. The largest absolute Gasteiger partial charge is 0.391 e. The zero-order valence-corrected chi connectivity index (χ0v) is 10.4. The molecule has 1 heteroatoms.